The molecule has 3 N–H and O–H groups in total. The molecule has 1 unspecified atom stereocenters. The molecule has 156 valence electrons. The maximum absolute atomic E-state index is 12.5. The van der Waals surface area contributed by atoms with Gasteiger partial charge >= 0.3 is 0 Å². The molecule has 0 aliphatic carbocycles. The zero-order valence-corrected chi connectivity index (χ0v) is 17.1. The van der Waals surface area contributed by atoms with Gasteiger partial charge in [-0.25, -0.2) is 19.6 Å². The number of aromatic nitrogens is 5. The number of nitrogens with zero attached hydrogens (tertiary/aromatic N) is 6. The minimum atomic E-state index is -0.225. The number of fused-ring (bicyclic) bond motifs is 1. The van der Waals surface area contributed by atoms with Gasteiger partial charge in [0.05, 0.1) is 11.4 Å². The molecule has 4 heterocycles. The molecule has 0 spiro atoms. The zero-order valence-electron chi connectivity index (χ0n) is 17.1. The van der Waals surface area contributed by atoms with Crippen molar-refractivity contribution in [3.8, 4) is 11.3 Å². The summed E-state index contributed by atoms with van der Waals surface area (Å²) in [6.07, 6.45) is 4.11. The lowest BCUT2D eigenvalue weighted by Crippen LogP contribution is -2.17. The van der Waals surface area contributed by atoms with Crippen LogP contribution in [0, 0.1) is 0 Å². The third-order valence-electron chi connectivity index (χ3n) is 5.56. The van der Waals surface area contributed by atoms with E-state index in [-0.39, 0.29) is 11.9 Å². The SMILES string of the molecule is CN1CCC(n2nc(-c3ccc(C(=O)Nc4ccccn4)cc3)c3c(N)ncnc32)C1. The summed E-state index contributed by atoms with van der Waals surface area (Å²) in [7, 11) is 2.10. The van der Waals surface area contributed by atoms with Crippen molar-refractivity contribution in [1.82, 2.24) is 29.6 Å². The number of anilines is 2. The first-order valence-corrected chi connectivity index (χ1v) is 10.1. The number of amides is 1. The Morgan fingerprint density at radius 3 is 2.68 bits per heavy atom. The van der Waals surface area contributed by atoms with Gasteiger partial charge in [0.2, 0.25) is 0 Å². The number of likely N-dealkylation sites (N-methyl/N-ethyl adjacent to an activating group) is 1. The summed E-state index contributed by atoms with van der Waals surface area (Å²) in [5.41, 5.74) is 9.05. The number of nitrogen functional groups attached to an aromatic ring is 1. The van der Waals surface area contributed by atoms with Gasteiger partial charge in [-0.05, 0) is 37.7 Å². The zero-order chi connectivity index (χ0) is 21.4. The second kappa shape index (κ2) is 7.77. The number of nitrogens with one attached hydrogen (secondary N) is 1. The molecule has 0 radical (unpaired) electrons. The van der Waals surface area contributed by atoms with Gasteiger partial charge in [-0.1, -0.05) is 18.2 Å². The van der Waals surface area contributed by atoms with E-state index in [0.717, 1.165) is 41.8 Å². The number of likely N-dealkylation sites (tertiary alicyclic amines) is 1. The fourth-order valence-corrected chi connectivity index (χ4v) is 3.97. The molecule has 3 aromatic heterocycles. The third kappa shape index (κ3) is 3.59. The van der Waals surface area contributed by atoms with Gasteiger partial charge in [0.1, 0.15) is 23.7 Å². The number of benzene rings is 1. The Labute approximate surface area is 178 Å². The van der Waals surface area contributed by atoms with E-state index in [4.69, 9.17) is 10.8 Å². The fraction of sp³-hybridized carbons (Fsp3) is 0.227. The Balaban J connectivity index is 1.49. The molecule has 5 rings (SSSR count). The molecule has 31 heavy (non-hydrogen) atoms. The van der Waals surface area contributed by atoms with E-state index in [1.807, 2.05) is 22.9 Å². The molecule has 1 aliphatic rings. The van der Waals surface area contributed by atoms with Crippen molar-refractivity contribution in [1.29, 1.82) is 0 Å². The average Bonchev–Trinajstić information content (AvgIpc) is 3.39. The van der Waals surface area contributed by atoms with Crippen LogP contribution in [0.15, 0.2) is 55.0 Å². The summed E-state index contributed by atoms with van der Waals surface area (Å²) >= 11 is 0. The van der Waals surface area contributed by atoms with Crippen molar-refractivity contribution in [3.05, 3.63) is 60.6 Å². The number of rotatable bonds is 4. The summed E-state index contributed by atoms with van der Waals surface area (Å²) < 4.78 is 1.97. The quantitative estimate of drug-likeness (QED) is 0.527. The van der Waals surface area contributed by atoms with Crippen LogP contribution in [0.3, 0.4) is 0 Å². The first kappa shape index (κ1) is 19.1. The van der Waals surface area contributed by atoms with Crippen molar-refractivity contribution in [2.75, 3.05) is 31.2 Å². The lowest BCUT2D eigenvalue weighted by Gasteiger charge is -2.11. The maximum atomic E-state index is 12.5. The van der Waals surface area contributed by atoms with Crippen molar-refractivity contribution in [3.63, 3.8) is 0 Å². The fourth-order valence-electron chi connectivity index (χ4n) is 3.97. The van der Waals surface area contributed by atoms with Crippen molar-refractivity contribution in [2.45, 2.75) is 12.5 Å². The summed E-state index contributed by atoms with van der Waals surface area (Å²) in [5, 5.41) is 8.40. The lowest BCUT2D eigenvalue weighted by molar-refractivity contribution is 0.102. The van der Waals surface area contributed by atoms with E-state index in [0.29, 0.717) is 17.2 Å². The molecule has 1 saturated heterocycles. The van der Waals surface area contributed by atoms with Crippen LogP contribution >= 0.6 is 0 Å². The highest BCUT2D eigenvalue weighted by Crippen LogP contribution is 2.33. The van der Waals surface area contributed by atoms with Gasteiger partial charge in [0.15, 0.2) is 5.65 Å². The summed E-state index contributed by atoms with van der Waals surface area (Å²) in [4.78, 5) is 27.6. The van der Waals surface area contributed by atoms with Crippen LogP contribution in [0.2, 0.25) is 0 Å². The van der Waals surface area contributed by atoms with Gasteiger partial charge in [-0.3, -0.25) is 4.79 Å². The minimum absolute atomic E-state index is 0.225. The third-order valence-corrected chi connectivity index (χ3v) is 5.56. The Bertz CT molecular complexity index is 1240. The molecular formula is C22H22N8O. The molecule has 9 heteroatoms. The molecule has 1 amide bonds. The van der Waals surface area contributed by atoms with Crippen LogP contribution in [0.5, 0.6) is 0 Å². The molecule has 9 nitrogen and oxygen atoms in total. The van der Waals surface area contributed by atoms with E-state index in [1.54, 1.807) is 30.5 Å². The summed E-state index contributed by atoms with van der Waals surface area (Å²) in [6, 6.07) is 12.9. The van der Waals surface area contributed by atoms with Gasteiger partial charge in [-0.15, -0.1) is 0 Å². The Kier molecular flexibility index (Phi) is 4.79. The number of nitrogens with two attached hydrogens (primary N) is 1. The second-order valence-corrected chi connectivity index (χ2v) is 7.70. The minimum Gasteiger partial charge on any atom is -0.383 e. The van der Waals surface area contributed by atoms with Crippen LogP contribution in [0.25, 0.3) is 22.3 Å². The van der Waals surface area contributed by atoms with Crippen LogP contribution in [-0.4, -0.2) is 55.7 Å². The van der Waals surface area contributed by atoms with E-state index in [2.05, 4.69) is 32.2 Å². The van der Waals surface area contributed by atoms with Gasteiger partial charge in [0, 0.05) is 30.4 Å². The number of carbonyl (C=O) groups excluding carboxylic acids is 1. The Morgan fingerprint density at radius 1 is 1.13 bits per heavy atom. The van der Waals surface area contributed by atoms with Crippen molar-refractivity contribution >= 4 is 28.6 Å². The normalized spacial score (nSPS) is 16.6. The molecule has 1 atom stereocenters. The predicted molar refractivity (Wildman–Crippen MR) is 119 cm³/mol. The second-order valence-electron chi connectivity index (χ2n) is 7.70. The highest BCUT2D eigenvalue weighted by Gasteiger charge is 2.26. The van der Waals surface area contributed by atoms with Gasteiger partial charge < -0.3 is 16.0 Å². The van der Waals surface area contributed by atoms with E-state index in [1.165, 1.54) is 6.33 Å². The van der Waals surface area contributed by atoms with E-state index in [9.17, 15) is 4.79 Å². The van der Waals surface area contributed by atoms with Crippen LogP contribution in [0.1, 0.15) is 22.8 Å². The highest BCUT2D eigenvalue weighted by atomic mass is 16.1. The van der Waals surface area contributed by atoms with E-state index >= 15 is 0 Å². The summed E-state index contributed by atoms with van der Waals surface area (Å²) in [6.45, 7) is 1.93. The highest BCUT2D eigenvalue weighted by molar-refractivity contribution is 6.04. The largest absolute Gasteiger partial charge is 0.383 e. The molecule has 1 aromatic carbocycles. The molecule has 1 aliphatic heterocycles. The molecule has 1 fully saturated rings. The monoisotopic (exact) mass is 414 g/mol. The smallest absolute Gasteiger partial charge is 0.256 e. The average molecular weight is 414 g/mol. The van der Waals surface area contributed by atoms with Gasteiger partial charge in [0.25, 0.3) is 5.91 Å². The molecule has 0 saturated carbocycles. The topological polar surface area (TPSA) is 115 Å². The molecular weight excluding hydrogens is 392 g/mol. The van der Waals surface area contributed by atoms with Crippen LogP contribution in [-0.2, 0) is 0 Å². The summed E-state index contributed by atoms with van der Waals surface area (Å²) in [5.74, 6) is 0.680. The molecule has 0 bridgehead atoms. The number of pyridine rings is 1. The number of hydrogen-bond acceptors (Lipinski definition) is 7. The van der Waals surface area contributed by atoms with Crippen LogP contribution in [0.4, 0.5) is 11.6 Å². The van der Waals surface area contributed by atoms with Crippen molar-refractivity contribution < 1.29 is 4.79 Å². The van der Waals surface area contributed by atoms with Crippen LogP contribution < -0.4 is 11.1 Å². The van der Waals surface area contributed by atoms with Gasteiger partial charge in [-0.2, -0.15) is 5.10 Å². The first-order chi connectivity index (χ1) is 15.1. The number of carbonyl (C=O) groups is 1. The molecule has 4 aromatic rings. The predicted octanol–water partition coefficient (Wildman–Crippen LogP) is 2.60. The Hall–Kier alpha value is -3.85. The van der Waals surface area contributed by atoms with E-state index < -0.39 is 0 Å². The van der Waals surface area contributed by atoms with Crippen molar-refractivity contribution in [2.24, 2.45) is 0 Å². The Morgan fingerprint density at radius 2 is 1.97 bits per heavy atom. The standard InChI is InChI=1S/C22H22N8O/c1-29-11-9-16(12-29)30-21-18(20(23)25-13-26-21)19(28-30)14-5-7-15(8-6-14)22(31)27-17-4-2-3-10-24-17/h2-8,10,13,16H,9,11-12H2,1H3,(H2,23,25,26)(H,24,27,31). The lowest BCUT2D eigenvalue weighted by atomic mass is 10.1. The number of hydrogen-bond donors (Lipinski definition) is 2. The first-order valence-electron chi connectivity index (χ1n) is 10.1. The maximum Gasteiger partial charge on any atom is 0.256 e.